The van der Waals surface area contributed by atoms with Crippen LogP contribution >= 0.6 is 0 Å². The number of aromatic nitrogens is 3. The van der Waals surface area contributed by atoms with Gasteiger partial charge in [-0.2, -0.15) is 9.97 Å². The van der Waals surface area contributed by atoms with Gasteiger partial charge in [0.2, 0.25) is 0 Å². The van der Waals surface area contributed by atoms with E-state index in [9.17, 15) is 19.1 Å². The van der Waals surface area contributed by atoms with E-state index in [-0.39, 0.29) is 74.9 Å². The van der Waals surface area contributed by atoms with E-state index in [1.54, 1.807) is 0 Å². The summed E-state index contributed by atoms with van der Waals surface area (Å²) in [5, 5.41) is 11.7. The number of piperazine rings is 1. The number of amides is 1. The number of pyridine rings is 1. The molecule has 11 nitrogen and oxygen atoms in total. The molecule has 53 heavy (non-hydrogen) atoms. The maximum absolute atomic E-state index is 17.1. The molecule has 5 aliphatic heterocycles. The van der Waals surface area contributed by atoms with Crippen LogP contribution in [-0.2, 0) is 14.3 Å². The van der Waals surface area contributed by atoms with Gasteiger partial charge in [-0.1, -0.05) is 25.8 Å². The number of anilines is 1. The smallest absolute Gasteiger partial charge is 0.319 e. The summed E-state index contributed by atoms with van der Waals surface area (Å²) in [5.74, 6) is 0.239. The molecule has 0 saturated carbocycles. The second-order valence-corrected chi connectivity index (χ2v) is 15.5. The van der Waals surface area contributed by atoms with Crippen molar-refractivity contribution in [3.8, 4) is 35.4 Å². The number of terminal acetylenes is 1. The fourth-order valence-electron chi connectivity index (χ4n) is 9.66. The molecule has 2 bridgehead atoms. The second kappa shape index (κ2) is 12.5. The second-order valence-electron chi connectivity index (χ2n) is 15.5. The number of halogens is 2. The average molecular weight is 723 g/mol. The van der Waals surface area contributed by atoms with E-state index in [1.165, 1.54) is 30.5 Å². The van der Waals surface area contributed by atoms with Crippen LogP contribution in [0.5, 0.6) is 11.8 Å². The van der Waals surface area contributed by atoms with Gasteiger partial charge in [-0.15, -0.1) is 6.42 Å². The van der Waals surface area contributed by atoms with Crippen molar-refractivity contribution in [2.75, 3.05) is 37.7 Å². The van der Waals surface area contributed by atoms with Crippen molar-refractivity contribution in [1.82, 2.24) is 24.8 Å². The number of carbonyl (C=O) groups is 2. The predicted octanol–water partition coefficient (Wildman–Crippen LogP) is 5.19. The van der Waals surface area contributed by atoms with Gasteiger partial charge in [0.15, 0.2) is 11.9 Å². The Balaban J connectivity index is 1.12. The summed E-state index contributed by atoms with van der Waals surface area (Å²) in [6, 6.07) is 5.15. The molecule has 1 unspecified atom stereocenters. The largest absolute Gasteiger partial charge is 0.508 e. The van der Waals surface area contributed by atoms with Crippen LogP contribution in [-0.4, -0.2) is 98.2 Å². The van der Waals surface area contributed by atoms with Crippen molar-refractivity contribution in [2.24, 2.45) is 11.8 Å². The first-order valence-electron chi connectivity index (χ1n) is 18.5. The van der Waals surface area contributed by atoms with Gasteiger partial charge in [0.25, 0.3) is 5.91 Å². The topological polar surface area (TPSA) is 121 Å². The number of phenolic OH excluding ortho intramolecular Hbond substituents is 1. The van der Waals surface area contributed by atoms with Gasteiger partial charge in [0, 0.05) is 42.3 Å². The maximum Gasteiger partial charge on any atom is 0.319 e. The van der Waals surface area contributed by atoms with Crippen LogP contribution in [0.3, 0.4) is 0 Å². The van der Waals surface area contributed by atoms with Crippen LogP contribution < -0.4 is 9.64 Å². The summed E-state index contributed by atoms with van der Waals surface area (Å²) < 4.78 is 43.8. The summed E-state index contributed by atoms with van der Waals surface area (Å²) in [7, 11) is 0. The molecule has 7 heterocycles. The third-order valence-corrected chi connectivity index (χ3v) is 12.2. The Bertz CT molecular complexity index is 2220. The van der Waals surface area contributed by atoms with Crippen LogP contribution in [0.1, 0.15) is 57.9 Å². The van der Waals surface area contributed by atoms with Gasteiger partial charge in [0.05, 0.1) is 16.5 Å². The predicted molar refractivity (Wildman–Crippen MR) is 192 cm³/mol. The van der Waals surface area contributed by atoms with Crippen LogP contribution in [0.2, 0.25) is 0 Å². The number of fused-ring (bicyclic) bond motifs is 5. The number of aromatic hydroxyl groups is 1. The van der Waals surface area contributed by atoms with Crippen molar-refractivity contribution < 1.29 is 33.0 Å². The van der Waals surface area contributed by atoms with Crippen molar-refractivity contribution in [2.45, 2.75) is 76.1 Å². The Morgan fingerprint density at radius 1 is 1.13 bits per heavy atom. The molecule has 1 N–H and O–H groups in total. The molecule has 274 valence electrons. The Hall–Kier alpha value is -5.09. The molecule has 0 aliphatic carbocycles. The van der Waals surface area contributed by atoms with Crippen LogP contribution in [0.15, 0.2) is 30.5 Å². The lowest BCUT2D eigenvalue weighted by atomic mass is 9.85. The summed E-state index contributed by atoms with van der Waals surface area (Å²) in [4.78, 5) is 46.4. The third-order valence-electron chi connectivity index (χ3n) is 12.2. The van der Waals surface area contributed by atoms with Crippen molar-refractivity contribution in [1.29, 1.82) is 0 Å². The van der Waals surface area contributed by atoms with Crippen LogP contribution in [0, 0.1) is 35.8 Å². The van der Waals surface area contributed by atoms with Gasteiger partial charge in [0.1, 0.15) is 41.1 Å². The number of ether oxygens (including phenoxy) is 2. The van der Waals surface area contributed by atoms with E-state index in [1.807, 2.05) is 23.6 Å². The lowest BCUT2D eigenvalue weighted by molar-refractivity contribution is -0.197. The van der Waals surface area contributed by atoms with Crippen molar-refractivity contribution in [3.63, 3.8) is 0 Å². The zero-order valence-corrected chi connectivity index (χ0v) is 29.6. The number of cyclic esters (lactones) is 1. The third kappa shape index (κ3) is 5.28. The molecule has 2 aromatic heterocycles. The first-order valence-corrected chi connectivity index (χ1v) is 18.5. The van der Waals surface area contributed by atoms with E-state index in [0.29, 0.717) is 36.3 Å². The summed E-state index contributed by atoms with van der Waals surface area (Å²) >= 11 is 0. The fourth-order valence-corrected chi connectivity index (χ4v) is 9.66. The van der Waals surface area contributed by atoms with E-state index in [0.717, 1.165) is 51.6 Å². The minimum Gasteiger partial charge on any atom is -0.508 e. The number of phenols is 1. The molecule has 0 radical (unpaired) electrons. The number of carbonyl (C=O) groups excluding carboxylic acids is 2. The minimum atomic E-state index is -0.792. The fraction of sp³-hybridized carbons (Fsp3) is 0.475. The lowest BCUT2D eigenvalue weighted by Crippen LogP contribution is -2.63. The number of benzene rings is 2. The maximum atomic E-state index is 17.1. The standard InChI is InChI=1S/C40H40F2N6O5/c1-4-26-29(41)10-7-22-15-25(49)16-27(31(22)26)33-32(42)34-28(17-43-33)36(45-39(44-34)52-20-40-11-5-13-47(40)14-6-12-40)46-18-23-8-9-24(19-46)48(23)37(50)35-30(21(2)3)38(51)53-35/h1,7,10,15-17,21,23-24,30,35,49H,5-6,8-9,11-14,18-20H2,2-3H3/t23-,24+,30?,35-/m1/s1. The molecule has 9 rings (SSSR count). The Labute approximate surface area is 305 Å². The van der Waals surface area contributed by atoms with Crippen molar-refractivity contribution >= 4 is 39.4 Å². The van der Waals surface area contributed by atoms with E-state index in [4.69, 9.17) is 20.9 Å². The van der Waals surface area contributed by atoms with Gasteiger partial charge < -0.3 is 24.4 Å². The quantitative estimate of drug-likeness (QED) is 0.202. The highest BCUT2D eigenvalue weighted by Gasteiger charge is 2.54. The van der Waals surface area contributed by atoms with E-state index in [2.05, 4.69) is 20.8 Å². The monoisotopic (exact) mass is 722 g/mol. The Kier molecular flexibility index (Phi) is 7.96. The van der Waals surface area contributed by atoms with Crippen LogP contribution in [0.4, 0.5) is 14.6 Å². The molecular formula is C40H40F2N6O5. The number of esters is 1. The SMILES string of the molecule is C#Cc1c(F)ccc2cc(O)cc(-c3ncc4c(N5C[C@H]6CC[C@@H](C5)N6C(=O)[C@@H]5OC(=O)C5C(C)C)nc(OCC56CCCN5CCC6)nc4c3F)c12. The van der Waals surface area contributed by atoms with Gasteiger partial charge >= 0.3 is 12.0 Å². The van der Waals surface area contributed by atoms with Gasteiger partial charge in [-0.25, -0.2) is 8.78 Å². The molecule has 5 fully saturated rings. The molecule has 2 aromatic carbocycles. The molecular weight excluding hydrogens is 682 g/mol. The number of hydrogen-bond acceptors (Lipinski definition) is 10. The molecule has 13 heteroatoms. The lowest BCUT2D eigenvalue weighted by Gasteiger charge is -2.45. The van der Waals surface area contributed by atoms with Crippen molar-refractivity contribution in [3.05, 3.63) is 47.7 Å². The van der Waals surface area contributed by atoms with E-state index < -0.39 is 23.7 Å². The molecule has 4 aromatic rings. The summed E-state index contributed by atoms with van der Waals surface area (Å²) in [6.07, 6.45) is 12.1. The van der Waals surface area contributed by atoms with E-state index >= 15 is 4.39 Å². The number of nitrogens with zero attached hydrogens (tertiary/aromatic N) is 6. The molecule has 0 spiro atoms. The number of rotatable bonds is 7. The first kappa shape index (κ1) is 33.7. The molecule has 5 aliphatic rings. The highest BCUT2D eigenvalue weighted by molar-refractivity contribution is 6.03. The summed E-state index contributed by atoms with van der Waals surface area (Å²) in [6.45, 7) is 7.07. The Morgan fingerprint density at radius 3 is 2.55 bits per heavy atom. The molecule has 1 amide bonds. The first-order chi connectivity index (χ1) is 25.6. The zero-order chi connectivity index (χ0) is 36.8. The Morgan fingerprint density at radius 2 is 1.87 bits per heavy atom. The highest BCUT2D eigenvalue weighted by atomic mass is 19.1. The molecule has 4 atom stereocenters. The number of hydrogen-bond donors (Lipinski definition) is 1. The van der Waals surface area contributed by atoms with Crippen LogP contribution in [0.25, 0.3) is 32.9 Å². The minimum absolute atomic E-state index is 0.0163. The highest BCUT2D eigenvalue weighted by Crippen LogP contribution is 2.43. The summed E-state index contributed by atoms with van der Waals surface area (Å²) in [5.41, 5.74) is -0.243. The normalized spacial score (nSPS) is 24.8. The van der Waals surface area contributed by atoms with Gasteiger partial charge in [-0.3, -0.25) is 19.5 Å². The average Bonchev–Trinajstić information content (AvgIpc) is 3.79. The molecule has 5 saturated heterocycles. The van der Waals surface area contributed by atoms with Gasteiger partial charge in [-0.05, 0) is 81.1 Å². The zero-order valence-electron chi connectivity index (χ0n) is 29.6.